The van der Waals surface area contributed by atoms with Crippen LogP contribution in [0.3, 0.4) is 0 Å². The normalized spacial score (nSPS) is 12.8. The van der Waals surface area contributed by atoms with Gasteiger partial charge < -0.3 is 15.5 Å². The number of hydrogen-bond acceptors (Lipinski definition) is 4. The summed E-state index contributed by atoms with van der Waals surface area (Å²) in [6, 6.07) is 3.07. The average Bonchev–Trinajstić information content (AvgIpc) is 2.35. The van der Waals surface area contributed by atoms with E-state index in [1.165, 1.54) is 6.07 Å². The van der Waals surface area contributed by atoms with Gasteiger partial charge in [0.15, 0.2) is 0 Å². The van der Waals surface area contributed by atoms with E-state index in [0.29, 0.717) is 12.4 Å². The van der Waals surface area contributed by atoms with E-state index in [9.17, 15) is 9.90 Å². The first-order valence-electron chi connectivity index (χ1n) is 6.48. The van der Waals surface area contributed by atoms with Crippen LogP contribution in [0.1, 0.15) is 49.7 Å². The summed E-state index contributed by atoms with van der Waals surface area (Å²) < 4.78 is 0. The van der Waals surface area contributed by atoms with Gasteiger partial charge in [0.2, 0.25) is 0 Å². The fourth-order valence-electron chi connectivity index (χ4n) is 1.51. The zero-order chi connectivity index (χ0) is 14.6. The van der Waals surface area contributed by atoms with Crippen molar-refractivity contribution in [3.8, 4) is 0 Å². The Bertz CT molecular complexity index is 444. The average molecular weight is 266 g/mol. The summed E-state index contributed by atoms with van der Waals surface area (Å²) in [6.07, 6.45) is -0.488. The predicted octanol–water partition coefficient (Wildman–Crippen LogP) is 2.33. The Morgan fingerprint density at radius 2 is 1.95 bits per heavy atom. The van der Waals surface area contributed by atoms with Gasteiger partial charge in [0, 0.05) is 12.2 Å². The number of carboxylic acid groups (broad SMARTS) is 1. The number of nitrogens with one attached hydrogen (secondary N) is 1. The fourth-order valence-corrected chi connectivity index (χ4v) is 1.51. The summed E-state index contributed by atoms with van der Waals surface area (Å²) in [6.45, 7) is 8.12. The Hall–Kier alpha value is -1.62. The molecule has 106 valence electrons. The molecule has 0 aliphatic heterocycles. The number of anilines is 1. The van der Waals surface area contributed by atoms with Crippen LogP contribution in [-0.2, 0) is 0 Å². The third kappa shape index (κ3) is 4.52. The number of rotatable bonds is 6. The lowest BCUT2D eigenvalue weighted by atomic mass is 10.1. The Kier molecular flexibility index (Phi) is 5.30. The standard InChI is InChI=1S/C14H22N2O3/c1-8(2)11-5-10(14(18)19)6-13(16-11)15-7-12(17)9(3)4/h5-6,8-9,12,17H,7H2,1-4H3,(H,15,16)(H,18,19). The number of aromatic carboxylic acids is 1. The van der Waals surface area contributed by atoms with Crippen LogP contribution >= 0.6 is 0 Å². The highest BCUT2D eigenvalue weighted by Crippen LogP contribution is 2.18. The van der Waals surface area contributed by atoms with E-state index >= 15 is 0 Å². The van der Waals surface area contributed by atoms with Crippen molar-refractivity contribution in [1.82, 2.24) is 4.98 Å². The van der Waals surface area contributed by atoms with Gasteiger partial charge in [0.25, 0.3) is 0 Å². The number of carboxylic acids is 1. The Morgan fingerprint density at radius 1 is 1.32 bits per heavy atom. The van der Waals surface area contributed by atoms with E-state index < -0.39 is 12.1 Å². The molecule has 1 aromatic heterocycles. The maximum atomic E-state index is 11.1. The topological polar surface area (TPSA) is 82.5 Å². The van der Waals surface area contributed by atoms with Crippen molar-refractivity contribution in [2.24, 2.45) is 5.92 Å². The number of aliphatic hydroxyl groups is 1. The van der Waals surface area contributed by atoms with E-state index in [-0.39, 0.29) is 17.4 Å². The summed E-state index contributed by atoms with van der Waals surface area (Å²) in [5, 5.41) is 21.8. The van der Waals surface area contributed by atoms with Crippen LogP contribution in [0.4, 0.5) is 5.82 Å². The van der Waals surface area contributed by atoms with Crippen LogP contribution in [-0.4, -0.2) is 33.8 Å². The van der Waals surface area contributed by atoms with Gasteiger partial charge in [-0.15, -0.1) is 0 Å². The molecule has 0 aliphatic carbocycles. The Balaban J connectivity index is 2.90. The predicted molar refractivity (Wildman–Crippen MR) is 74.6 cm³/mol. The quantitative estimate of drug-likeness (QED) is 0.736. The molecule has 0 bridgehead atoms. The molecule has 19 heavy (non-hydrogen) atoms. The highest BCUT2D eigenvalue weighted by Gasteiger charge is 2.13. The van der Waals surface area contributed by atoms with Crippen LogP contribution < -0.4 is 5.32 Å². The van der Waals surface area contributed by atoms with Gasteiger partial charge in [0.1, 0.15) is 5.82 Å². The Labute approximate surface area is 113 Å². The second-order valence-electron chi connectivity index (χ2n) is 5.32. The number of carbonyl (C=O) groups is 1. The number of aliphatic hydroxyl groups excluding tert-OH is 1. The summed E-state index contributed by atoms with van der Waals surface area (Å²) in [4.78, 5) is 15.4. The van der Waals surface area contributed by atoms with Crippen LogP contribution in [0.5, 0.6) is 0 Å². The van der Waals surface area contributed by atoms with E-state index in [2.05, 4.69) is 10.3 Å². The lowest BCUT2D eigenvalue weighted by Gasteiger charge is -2.16. The van der Waals surface area contributed by atoms with Crippen molar-refractivity contribution >= 4 is 11.8 Å². The van der Waals surface area contributed by atoms with Crippen LogP contribution in [0.15, 0.2) is 12.1 Å². The SMILES string of the molecule is CC(C)c1cc(C(=O)O)cc(NCC(O)C(C)C)n1. The highest BCUT2D eigenvalue weighted by atomic mass is 16.4. The summed E-state index contributed by atoms with van der Waals surface area (Å²) in [5.41, 5.74) is 0.932. The number of nitrogens with zero attached hydrogens (tertiary/aromatic N) is 1. The molecular formula is C14H22N2O3. The molecule has 0 amide bonds. The maximum absolute atomic E-state index is 11.1. The summed E-state index contributed by atoms with van der Waals surface area (Å²) in [5.74, 6) is -0.199. The molecule has 1 rings (SSSR count). The lowest BCUT2D eigenvalue weighted by molar-refractivity contribution is 0.0696. The Morgan fingerprint density at radius 3 is 2.42 bits per heavy atom. The van der Waals surface area contributed by atoms with Crippen molar-refractivity contribution in [1.29, 1.82) is 0 Å². The smallest absolute Gasteiger partial charge is 0.335 e. The third-order valence-corrected chi connectivity index (χ3v) is 2.95. The van der Waals surface area contributed by atoms with Gasteiger partial charge in [-0.3, -0.25) is 0 Å². The molecule has 1 heterocycles. The number of pyridine rings is 1. The molecule has 1 unspecified atom stereocenters. The van der Waals surface area contributed by atoms with E-state index in [0.717, 1.165) is 5.69 Å². The van der Waals surface area contributed by atoms with E-state index in [4.69, 9.17) is 5.11 Å². The second kappa shape index (κ2) is 6.52. The van der Waals surface area contributed by atoms with Gasteiger partial charge in [-0.25, -0.2) is 9.78 Å². The van der Waals surface area contributed by atoms with Gasteiger partial charge in [0.05, 0.1) is 11.7 Å². The largest absolute Gasteiger partial charge is 0.478 e. The van der Waals surface area contributed by atoms with Gasteiger partial charge in [-0.1, -0.05) is 27.7 Å². The van der Waals surface area contributed by atoms with Crippen molar-refractivity contribution in [3.63, 3.8) is 0 Å². The van der Waals surface area contributed by atoms with Crippen molar-refractivity contribution in [2.75, 3.05) is 11.9 Å². The molecule has 5 nitrogen and oxygen atoms in total. The van der Waals surface area contributed by atoms with Crippen molar-refractivity contribution in [2.45, 2.75) is 39.7 Å². The van der Waals surface area contributed by atoms with Gasteiger partial charge >= 0.3 is 5.97 Å². The molecule has 0 saturated heterocycles. The number of aromatic nitrogens is 1. The van der Waals surface area contributed by atoms with Gasteiger partial charge in [-0.05, 0) is 24.0 Å². The number of hydrogen-bond donors (Lipinski definition) is 3. The molecule has 0 spiro atoms. The highest BCUT2D eigenvalue weighted by molar-refractivity contribution is 5.88. The molecule has 0 saturated carbocycles. The minimum atomic E-state index is -0.975. The second-order valence-corrected chi connectivity index (χ2v) is 5.32. The first kappa shape index (κ1) is 15.4. The molecule has 1 aromatic rings. The monoisotopic (exact) mass is 266 g/mol. The molecule has 0 aromatic carbocycles. The zero-order valence-electron chi connectivity index (χ0n) is 11.8. The van der Waals surface area contributed by atoms with Crippen LogP contribution in [0.2, 0.25) is 0 Å². The van der Waals surface area contributed by atoms with Crippen molar-refractivity contribution in [3.05, 3.63) is 23.4 Å². The van der Waals surface area contributed by atoms with Crippen LogP contribution in [0, 0.1) is 5.92 Å². The molecular weight excluding hydrogens is 244 g/mol. The van der Waals surface area contributed by atoms with E-state index in [1.807, 2.05) is 27.7 Å². The van der Waals surface area contributed by atoms with E-state index in [1.54, 1.807) is 6.07 Å². The first-order chi connectivity index (χ1) is 8.81. The van der Waals surface area contributed by atoms with Gasteiger partial charge in [-0.2, -0.15) is 0 Å². The minimum absolute atomic E-state index is 0.139. The lowest BCUT2D eigenvalue weighted by Crippen LogP contribution is -2.25. The molecule has 0 fully saturated rings. The molecule has 0 radical (unpaired) electrons. The zero-order valence-corrected chi connectivity index (χ0v) is 11.8. The van der Waals surface area contributed by atoms with Crippen LogP contribution in [0.25, 0.3) is 0 Å². The minimum Gasteiger partial charge on any atom is -0.478 e. The summed E-state index contributed by atoms with van der Waals surface area (Å²) >= 11 is 0. The maximum Gasteiger partial charge on any atom is 0.335 e. The third-order valence-electron chi connectivity index (χ3n) is 2.95. The molecule has 5 heteroatoms. The first-order valence-corrected chi connectivity index (χ1v) is 6.48. The summed E-state index contributed by atoms with van der Waals surface area (Å²) in [7, 11) is 0. The molecule has 3 N–H and O–H groups in total. The molecule has 1 atom stereocenters. The fraction of sp³-hybridized carbons (Fsp3) is 0.571. The molecule has 0 aliphatic rings. The van der Waals surface area contributed by atoms with Crippen molar-refractivity contribution < 1.29 is 15.0 Å².